The Hall–Kier alpha value is -1.39. The fourth-order valence-corrected chi connectivity index (χ4v) is 2.90. The predicted octanol–water partition coefficient (Wildman–Crippen LogP) is 1.85. The van der Waals surface area contributed by atoms with Gasteiger partial charge < -0.3 is 15.4 Å². The van der Waals surface area contributed by atoms with Gasteiger partial charge in [0.25, 0.3) is 0 Å². The van der Waals surface area contributed by atoms with Crippen molar-refractivity contribution >= 4 is 5.91 Å². The Morgan fingerprint density at radius 2 is 2.14 bits per heavy atom. The second kappa shape index (κ2) is 7.05. The van der Waals surface area contributed by atoms with E-state index >= 15 is 0 Å². The Labute approximate surface area is 127 Å². The number of carbonyl (C=O) groups is 1. The van der Waals surface area contributed by atoms with Crippen LogP contribution >= 0.6 is 0 Å². The summed E-state index contributed by atoms with van der Waals surface area (Å²) in [5, 5.41) is 6.28. The highest BCUT2D eigenvalue weighted by atomic mass is 16.5. The second-order valence-electron chi connectivity index (χ2n) is 6.45. The van der Waals surface area contributed by atoms with E-state index in [4.69, 9.17) is 4.74 Å². The van der Waals surface area contributed by atoms with Crippen LogP contribution in [-0.4, -0.2) is 37.7 Å². The second-order valence-corrected chi connectivity index (χ2v) is 6.45. The summed E-state index contributed by atoms with van der Waals surface area (Å²) in [5.74, 6) is 0.0334. The van der Waals surface area contributed by atoms with Gasteiger partial charge in [-0.15, -0.1) is 0 Å². The van der Waals surface area contributed by atoms with Crippen molar-refractivity contribution in [2.24, 2.45) is 0 Å². The first-order valence-electron chi connectivity index (χ1n) is 7.66. The van der Waals surface area contributed by atoms with Gasteiger partial charge in [-0.05, 0) is 24.3 Å². The first kappa shape index (κ1) is 16.0. The number of morpholine rings is 1. The van der Waals surface area contributed by atoms with Gasteiger partial charge in [-0.25, -0.2) is 0 Å². The van der Waals surface area contributed by atoms with Crippen LogP contribution in [0.2, 0.25) is 0 Å². The molecule has 4 nitrogen and oxygen atoms in total. The van der Waals surface area contributed by atoms with Crippen LogP contribution in [0.3, 0.4) is 0 Å². The van der Waals surface area contributed by atoms with Gasteiger partial charge in [-0.3, -0.25) is 4.79 Å². The zero-order valence-electron chi connectivity index (χ0n) is 13.2. The number of carbonyl (C=O) groups excluding carboxylic acids is 1. The van der Waals surface area contributed by atoms with E-state index in [1.54, 1.807) is 0 Å². The van der Waals surface area contributed by atoms with Crippen LogP contribution in [0.5, 0.6) is 0 Å². The molecular formula is C17H26N2O2. The standard InChI is InChI=1S/C17H26N2O2/c1-13(19-16(20)15-12-21-10-9-18-15)11-17(2,3)14-7-5-4-6-8-14/h4-8,13,15,18H,9-12H2,1-3H3,(H,19,20). The molecule has 2 N–H and O–H groups in total. The Kier molecular flexibility index (Phi) is 5.37. The molecular weight excluding hydrogens is 264 g/mol. The fraction of sp³-hybridized carbons (Fsp3) is 0.588. The molecule has 116 valence electrons. The SMILES string of the molecule is CC(CC(C)(C)c1ccccc1)NC(=O)C1COCCN1. The number of amides is 1. The molecule has 1 aliphatic heterocycles. The number of hydrogen-bond acceptors (Lipinski definition) is 3. The van der Waals surface area contributed by atoms with Crippen molar-refractivity contribution in [2.75, 3.05) is 19.8 Å². The van der Waals surface area contributed by atoms with Crippen molar-refractivity contribution in [3.8, 4) is 0 Å². The van der Waals surface area contributed by atoms with Gasteiger partial charge in [0, 0.05) is 12.6 Å². The molecule has 1 heterocycles. The third kappa shape index (κ3) is 4.55. The van der Waals surface area contributed by atoms with Gasteiger partial charge in [0.15, 0.2) is 0 Å². The molecule has 1 amide bonds. The molecule has 0 saturated carbocycles. The molecule has 1 saturated heterocycles. The quantitative estimate of drug-likeness (QED) is 0.870. The third-order valence-electron chi connectivity index (χ3n) is 4.00. The predicted molar refractivity (Wildman–Crippen MR) is 84.3 cm³/mol. The summed E-state index contributed by atoms with van der Waals surface area (Å²) < 4.78 is 5.33. The van der Waals surface area contributed by atoms with E-state index in [1.807, 2.05) is 6.07 Å². The van der Waals surface area contributed by atoms with E-state index in [9.17, 15) is 4.79 Å². The molecule has 0 aromatic heterocycles. The number of nitrogens with one attached hydrogen (secondary N) is 2. The molecule has 2 atom stereocenters. The highest BCUT2D eigenvalue weighted by Crippen LogP contribution is 2.28. The average Bonchev–Trinajstić information content (AvgIpc) is 2.48. The van der Waals surface area contributed by atoms with Crippen molar-refractivity contribution in [3.05, 3.63) is 35.9 Å². The van der Waals surface area contributed by atoms with Crippen LogP contribution in [0.25, 0.3) is 0 Å². The van der Waals surface area contributed by atoms with E-state index in [0.717, 1.165) is 13.0 Å². The molecule has 21 heavy (non-hydrogen) atoms. The zero-order chi connectivity index (χ0) is 15.3. The van der Waals surface area contributed by atoms with Crippen molar-refractivity contribution < 1.29 is 9.53 Å². The maximum Gasteiger partial charge on any atom is 0.239 e. The van der Waals surface area contributed by atoms with Crippen LogP contribution in [0.1, 0.15) is 32.8 Å². The van der Waals surface area contributed by atoms with Gasteiger partial charge in [0.2, 0.25) is 5.91 Å². The zero-order valence-corrected chi connectivity index (χ0v) is 13.2. The highest BCUT2D eigenvalue weighted by molar-refractivity contribution is 5.82. The average molecular weight is 290 g/mol. The molecule has 0 bridgehead atoms. The van der Waals surface area contributed by atoms with Crippen LogP contribution in [-0.2, 0) is 14.9 Å². The van der Waals surface area contributed by atoms with Crippen LogP contribution < -0.4 is 10.6 Å². The van der Waals surface area contributed by atoms with Gasteiger partial charge in [-0.2, -0.15) is 0 Å². The molecule has 2 unspecified atom stereocenters. The summed E-state index contributed by atoms with van der Waals surface area (Å²) in [7, 11) is 0. The number of rotatable bonds is 5. The molecule has 0 aliphatic carbocycles. The van der Waals surface area contributed by atoms with Crippen LogP contribution in [0.15, 0.2) is 30.3 Å². The lowest BCUT2D eigenvalue weighted by atomic mass is 9.79. The minimum atomic E-state index is -0.221. The largest absolute Gasteiger partial charge is 0.378 e. The Morgan fingerprint density at radius 3 is 2.76 bits per heavy atom. The van der Waals surface area contributed by atoms with Crippen molar-refractivity contribution in [1.29, 1.82) is 0 Å². The first-order chi connectivity index (χ1) is 9.99. The summed E-state index contributed by atoms with van der Waals surface area (Å²) >= 11 is 0. The molecule has 4 heteroatoms. The van der Waals surface area contributed by atoms with Gasteiger partial charge >= 0.3 is 0 Å². The molecule has 1 fully saturated rings. The summed E-state index contributed by atoms with van der Waals surface area (Å²) in [6, 6.07) is 10.3. The summed E-state index contributed by atoms with van der Waals surface area (Å²) in [5.41, 5.74) is 1.33. The summed E-state index contributed by atoms with van der Waals surface area (Å²) in [4.78, 5) is 12.2. The summed E-state index contributed by atoms with van der Waals surface area (Å²) in [6.45, 7) is 8.37. The van der Waals surface area contributed by atoms with E-state index in [2.05, 4.69) is 55.7 Å². The smallest absolute Gasteiger partial charge is 0.239 e. The number of hydrogen-bond donors (Lipinski definition) is 2. The van der Waals surface area contributed by atoms with E-state index in [0.29, 0.717) is 13.2 Å². The molecule has 1 aliphatic rings. The highest BCUT2D eigenvalue weighted by Gasteiger charge is 2.26. The number of ether oxygens (including phenoxy) is 1. The lowest BCUT2D eigenvalue weighted by molar-refractivity contribution is -0.126. The van der Waals surface area contributed by atoms with Crippen molar-refractivity contribution in [3.63, 3.8) is 0 Å². The topological polar surface area (TPSA) is 50.4 Å². The van der Waals surface area contributed by atoms with Gasteiger partial charge in [0.05, 0.1) is 13.2 Å². The molecule has 1 aromatic rings. The lowest BCUT2D eigenvalue weighted by Crippen LogP contribution is -2.53. The lowest BCUT2D eigenvalue weighted by Gasteiger charge is -2.30. The van der Waals surface area contributed by atoms with Crippen LogP contribution in [0, 0.1) is 0 Å². The van der Waals surface area contributed by atoms with Gasteiger partial charge in [-0.1, -0.05) is 44.2 Å². The number of benzene rings is 1. The molecule has 1 aromatic carbocycles. The first-order valence-corrected chi connectivity index (χ1v) is 7.66. The molecule has 2 rings (SSSR count). The Morgan fingerprint density at radius 1 is 1.43 bits per heavy atom. The van der Waals surface area contributed by atoms with Crippen molar-refractivity contribution in [1.82, 2.24) is 10.6 Å². The molecule has 0 spiro atoms. The van der Waals surface area contributed by atoms with E-state index in [1.165, 1.54) is 5.56 Å². The molecule has 0 radical (unpaired) electrons. The van der Waals surface area contributed by atoms with Crippen LogP contribution in [0.4, 0.5) is 0 Å². The Balaban J connectivity index is 1.88. The third-order valence-corrected chi connectivity index (χ3v) is 4.00. The summed E-state index contributed by atoms with van der Waals surface area (Å²) in [6.07, 6.45) is 0.899. The van der Waals surface area contributed by atoms with E-state index < -0.39 is 0 Å². The van der Waals surface area contributed by atoms with Crippen molar-refractivity contribution in [2.45, 2.75) is 44.7 Å². The normalized spacial score (nSPS) is 20.8. The maximum atomic E-state index is 12.2. The minimum Gasteiger partial charge on any atom is -0.378 e. The maximum absolute atomic E-state index is 12.2. The fourth-order valence-electron chi connectivity index (χ4n) is 2.90. The van der Waals surface area contributed by atoms with Gasteiger partial charge in [0.1, 0.15) is 6.04 Å². The van der Waals surface area contributed by atoms with E-state index in [-0.39, 0.29) is 23.4 Å². The minimum absolute atomic E-state index is 0.0322. The monoisotopic (exact) mass is 290 g/mol. The Bertz CT molecular complexity index is 453.